The minimum absolute atomic E-state index is 0.189. The van der Waals surface area contributed by atoms with Crippen molar-refractivity contribution in [3.63, 3.8) is 0 Å². The number of nitrogens with one attached hydrogen (secondary N) is 1. The Morgan fingerprint density at radius 2 is 1.85 bits per heavy atom. The van der Waals surface area contributed by atoms with Crippen LogP contribution in [0.4, 0.5) is 0 Å². The molecule has 1 aromatic rings. The van der Waals surface area contributed by atoms with Gasteiger partial charge in [0.2, 0.25) is 0 Å². The van der Waals surface area contributed by atoms with Crippen molar-refractivity contribution in [2.75, 3.05) is 19.4 Å². The SMILES string of the molecule is CC(C)OCCCNC(=O)c1ccc(S(C)(=O)=O)cc1. The molecule has 0 bridgehead atoms. The van der Waals surface area contributed by atoms with Crippen LogP contribution in [-0.4, -0.2) is 39.8 Å². The first-order valence-corrected chi connectivity index (χ1v) is 8.40. The summed E-state index contributed by atoms with van der Waals surface area (Å²) >= 11 is 0. The molecule has 0 unspecified atom stereocenters. The largest absolute Gasteiger partial charge is 0.379 e. The predicted molar refractivity (Wildman–Crippen MR) is 77.6 cm³/mol. The summed E-state index contributed by atoms with van der Waals surface area (Å²) in [6.07, 6.45) is 2.07. The van der Waals surface area contributed by atoms with Gasteiger partial charge in [-0.05, 0) is 44.5 Å². The van der Waals surface area contributed by atoms with Crippen LogP contribution in [0.15, 0.2) is 29.2 Å². The standard InChI is InChI=1S/C14H21NO4S/c1-11(2)19-10-4-9-15-14(16)12-5-7-13(8-6-12)20(3,17)18/h5-8,11H,4,9-10H2,1-3H3,(H,15,16). The van der Waals surface area contributed by atoms with Crippen LogP contribution < -0.4 is 5.32 Å². The lowest BCUT2D eigenvalue weighted by Crippen LogP contribution is -2.25. The van der Waals surface area contributed by atoms with E-state index in [0.29, 0.717) is 18.7 Å². The number of hydrogen-bond donors (Lipinski definition) is 1. The number of rotatable bonds is 7. The van der Waals surface area contributed by atoms with Gasteiger partial charge in [0.05, 0.1) is 11.0 Å². The second-order valence-electron chi connectivity index (χ2n) is 4.83. The van der Waals surface area contributed by atoms with Crippen LogP contribution in [-0.2, 0) is 14.6 Å². The lowest BCUT2D eigenvalue weighted by molar-refractivity contribution is 0.0757. The Hall–Kier alpha value is -1.40. The van der Waals surface area contributed by atoms with Crippen LogP contribution in [0.1, 0.15) is 30.6 Å². The van der Waals surface area contributed by atoms with Crippen molar-refractivity contribution in [3.05, 3.63) is 29.8 Å². The Kier molecular flexibility index (Phi) is 6.16. The molecule has 0 aliphatic rings. The second-order valence-corrected chi connectivity index (χ2v) is 6.84. The van der Waals surface area contributed by atoms with E-state index >= 15 is 0 Å². The summed E-state index contributed by atoms with van der Waals surface area (Å²) in [5, 5.41) is 2.76. The molecular formula is C14H21NO4S. The summed E-state index contributed by atoms with van der Waals surface area (Å²) in [7, 11) is -3.23. The van der Waals surface area contributed by atoms with E-state index in [0.717, 1.165) is 12.7 Å². The molecule has 0 spiro atoms. The third-order valence-corrected chi connectivity index (χ3v) is 3.73. The van der Waals surface area contributed by atoms with Gasteiger partial charge >= 0.3 is 0 Å². The molecule has 0 radical (unpaired) electrons. The zero-order valence-electron chi connectivity index (χ0n) is 12.0. The lowest BCUT2D eigenvalue weighted by Gasteiger charge is -2.08. The van der Waals surface area contributed by atoms with E-state index in [-0.39, 0.29) is 16.9 Å². The number of benzene rings is 1. The van der Waals surface area contributed by atoms with Crippen LogP contribution in [0, 0.1) is 0 Å². The molecule has 0 aliphatic carbocycles. The molecule has 5 nitrogen and oxygen atoms in total. The van der Waals surface area contributed by atoms with Gasteiger partial charge in [0, 0.05) is 25.0 Å². The van der Waals surface area contributed by atoms with Crippen LogP contribution >= 0.6 is 0 Å². The van der Waals surface area contributed by atoms with Gasteiger partial charge in [0.1, 0.15) is 0 Å². The van der Waals surface area contributed by atoms with Gasteiger partial charge in [0.15, 0.2) is 9.84 Å². The fourth-order valence-corrected chi connectivity index (χ4v) is 2.18. The molecule has 1 amide bonds. The van der Waals surface area contributed by atoms with Crippen molar-refractivity contribution in [3.8, 4) is 0 Å². The maximum atomic E-state index is 11.8. The molecule has 1 rings (SSSR count). The van der Waals surface area contributed by atoms with E-state index in [1.165, 1.54) is 24.3 Å². The maximum absolute atomic E-state index is 11.8. The number of sulfone groups is 1. The normalized spacial score (nSPS) is 11.6. The predicted octanol–water partition coefficient (Wildman–Crippen LogP) is 1.63. The number of hydrogen-bond acceptors (Lipinski definition) is 4. The van der Waals surface area contributed by atoms with Gasteiger partial charge in [-0.25, -0.2) is 8.42 Å². The van der Waals surface area contributed by atoms with E-state index in [2.05, 4.69) is 5.32 Å². The maximum Gasteiger partial charge on any atom is 0.251 e. The van der Waals surface area contributed by atoms with Gasteiger partial charge in [-0.15, -0.1) is 0 Å². The Bertz CT molecular complexity index is 535. The number of carbonyl (C=O) groups is 1. The molecule has 112 valence electrons. The van der Waals surface area contributed by atoms with Crippen molar-refractivity contribution in [1.82, 2.24) is 5.32 Å². The van der Waals surface area contributed by atoms with Crippen LogP contribution in [0.5, 0.6) is 0 Å². The van der Waals surface area contributed by atoms with E-state index in [1.54, 1.807) is 0 Å². The van der Waals surface area contributed by atoms with Crippen molar-refractivity contribution in [2.24, 2.45) is 0 Å². The van der Waals surface area contributed by atoms with Crippen molar-refractivity contribution < 1.29 is 17.9 Å². The molecule has 0 fully saturated rings. The first-order valence-electron chi connectivity index (χ1n) is 6.50. The fourth-order valence-electron chi connectivity index (χ4n) is 1.55. The monoisotopic (exact) mass is 299 g/mol. The summed E-state index contributed by atoms with van der Waals surface area (Å²) in [6, 6.07) is 5.89. The van der Waals surface area contributed by atoms with Crippen LogP contribution in [0.2, 0.25) is 0 Å². The van der Waals surface area contributed by atoms with Crippen molar-refractivity contribution in [1.29, 1.82) is 0 Å². The minimum atomic E-state index is -3.23. The van der Waals surface area contributed by atoms with E-state index < -0.39 is 9.84 Å². The highest BCUT2D eigenvalue weighted by atomic mass is 32.2. The zero-order chi connectivity index (χ0) is 15.2. The minimum Gasteiger partial charge on any atom is -0.379 e. The van der Waals surface area contributed by atoms with Crippen molar-refractivity contribution in [2.45, 2.75) is 31.3 Å². The third kappa shape index (κ3) is 5.71. The third-order valence-electron chi connectivity index (χ3n) is 2.60. The highest BCUT2D eigenvalue weighted by Gasteiger charge is 2.09. The van der Waals surface area contributed by atoms with Gasteiger partial charge in [-0.2, -0.15) is 0 Å². The average molecular weight is 299 g/mol. The molecule has 1 aromatic carbocycles. The molecule has 0 aliphatic heterocycles. The van der Waals surface area contributed by atoms with Gasteiger partial charge in [0.25, 0.3) is 5.91 Å². The molecular weight excluding hydrogens is 278 g/mol. The Balaban J connectivity index is 2.44. The molecule has 6 heteroatoms. The van der Waals surface area contributed by atoms with Crippen LogP contribution in [0.25, 0.3) is 0 Å². The number of ether oxygens (including phenoxy) is 1. The number of amides is 1. The smallest absolute Gasteiger partial charge is 0.251 e. The fraction of sp³-hybridized carbons (Fsp3) is 0.500. The first-order chi connectivity index (χ1) is 9.30. The Morgan fingerprint density at radius 1 is 1.25 bits per heavy atom. The van der Waals surface area contributed by atoms with E-state index in [9.17, 15) is 13.2 Å². The second kappa shape index (κ2) is 7.40. The quantitative estimate of drug-likeness (QED) is 0.777. The topological polar surface area (TPSA) is 72.5 Å². The summed E-state index contributed by atoms with van der Waals surface area (Å²) in [4.78, 5) is 12.0. The molecule has 0 atom stereocenters. The molecule has 0 heterocycles. The van der Waals surface area contributed by atoms with E-state index in [1.807, 2.05) is 13.8 Å². The van der Waals surface area contributed by atoms with Crippen LogP contribution in [0.3, 0.4) is 0 Å². The Morgan fingerprint density at radius 3 is 2.35 bits per heavy atom. The molecule has 1 N–H and O–H groups in total. The molecule has 0 saturated carbocycles. The van der Waals surface area contributed by atoms with Gasteiger partial charge in [-0.3, -0.25) is 4.79 Å². The highest BCUT2D eigenvalue weighted by Crippen LogP contribution is 2.10. The summed E-state index contributed by atoms with van der Waals surface area (Å²) in [5.41, 5.74) is 0.446. The van der Waals surface area contributed by atoms with Crippen molar-refractivity contribution >= 4 is 15.7 Å². The van der Waals surface area contributed by atoms with Gasteiger partial charge in [-0.1, -0.05) is 0 Å². The average Bonchev–Trinajstić information content (AvgIpc) is 2.37. The molecule has 0 aromatic heterocycles. The molecule has 20 heavy (non-hydrogen) atoms. The Labute approximate surface area is 120 Å². The van der Waals surface area contributed by atoms with E-state index in [4.69, 9.17) is 4.74 Å². The summed E-state index contributed by atoms with van der Waals surface area (Å²) < 4.78 is 28.0. The molecule has 0 saturated heterocycles. The lowest BCUT2D eigenvalue weighted by atomic mass is 10.2. The zero-order valence-corrected chi connectivity index (χ0v) is 12.9. The highest BCUT2D eigenvalue weighted by molar-refractivity contribution is 7.90. The number of carbonyl (C=O) groups excluding carboxylic acids is 1. The summed E-state index contributed by atoms with van der Waals surface area (Å²) in [5.74, 6) is -0.213. The first kappa shape index (κ1) is 16.7. The summed E-state index contributed by atoms with van der Waals surface area (Å²) in [6.45, 7) is 5.05. The van der Waals surface area contributed by atoms with Gasteiger partial charge < -0.3 is 10.1 Å².